The van der Waals surface area contributed by atoms with Crippen LogP contribution in [0.5, 0.6) is 5.75 Å². The first-order chi connectivity index (χ1) is 11.1. The van der Waals surface area contributed by atoms with Crippen molar-refractivity contribution in [1.82, 2.24) is 4.90 Å². The zero-order valence-electron chi connectivity index (χ0n) is 12.2. The van der Waals surface area contributed by atoms with E-state index in [9.17, 15) is 9.59 Å². The summed E-state index contributed by atoms with van der Waals surface area (Å²) in [5.41, 5.74) is 7.11. The highest BCUT2D eigenvalue weighted by molar-refractivity contribution is 6.09. The third kappa shape index (κ3) is 2.11. The van der Waals surface area contributed by atoms with Crippen LogP contribution in [0.15, 0.2) is 58.5 Å². The first-order valence-electron chi connectivity index (χ1n) is 7.28. The van der Waals surface area contributed by atoms with Crippen LogP contribution < -0.4 is 10.5 Å². The number of para-hydroxylation sites is 1. The number of hydrogen-bond acceptors (Lipinski definition) is 5. The van der Waals surface area contributed by atoms with Gasteiger partial charge in [0.1, 0.15) is 11.5 Å². The second-order valence-corrected chi connectivity index (χ2v) is 5.54. The van der Waals surface area contributed by atoms with Gasteiger partial charge in [-0.05, 0) is 18.2 Å². The van der Waals surface area contributed by atoms with Crippen molar-refractivity contribution in [3.05, 3.63) is 65.4 Å². The van der Waals surface area contributed by atoms with Crippen LogP contribution >= 0.6 is 0 Å². The molecule has 23 heavy (non-hydrogen) atoms. The number of amides is 2. The van der Waals surface area contributed by atoms with Crippen LogP contribution in [-0.4, -0.2) is 16.7 Å². The Bertz CT molecular complexity index is 823. The number of fused-ring (bicyclic) bond motifs is 3. The van der Waals surface area contributed by atoms with E-state index in [-0.39, 0.29) is 30.7 Å². The molecule has 0 radical (unpaired) electrons. The zero-order chi connectivity index (χ0) is 16.0. The van der Waals surface area contributed by atoms with E-state index in [2.05, 4.69) is 0 Å². The molecule has 6 nitrogen and oxygen atoms in total. The molecule has 2 aliphatic rings. The second-order valence-electron chi connectivity index (χ2n) is 5.54. The fourth-order valence-corrected chi connectivity index (χ4v) is 3.09. The summed E-state index contributed by atoms with van der Waals surface area (Å²) in [6.07, 6.45) is 1.69. The number of ether oxygens (including phenoxy) is 1. The average Bonchev–Trinajstić information content (AvgIpc) is 3.04. The van der Waals surface area contributed by atoms with Gasteiger partial charge in [-0.2, -0.15) is 0 Å². The lowest BCUT2D eigenvalue weighted by molar-refractivity contribution is -0.146. The monoisotopic (exact) mass is 310 g/mol. The molecule has 0 aliphatic carbocycles. The van der Waals surface area contributed by atoms with Crippen LogP contribution in [0.4, 0.5) is 0 Å². The molecule has 3 heterocycles. The summed E-state index contributed by atoms with van der Waals surface area (Å²) >= 11 is 0. The van der Waals surface area contributed by atoms with Crippen LogP contribution in [0, 0.1) is 0 Å². The van der Waals surface area contributed by atoms with Gasteiger partial charge in [0.2, 0.25) is 5.91 Å². The summed E-state index contributed by atoms with van der Waals surface area (Å²) in [5, 5.41) is 0. The van der Waals surface area contributed by atoms with Gasteiger partial charge in [0.25, 0.3) is 5.91 Å². The normalized spacial score (nSPS) is 20.2. The van der Waals surface area contributed by atoms with E-state index in [0.717, 1.165) is 10.5 Å². The van der Waals surface area contributed by atoms with Crippen molar-refractivity contribution in [2.75, 3.05) is 0 Å². The maximum atomic E-state index is 12.8. The van der Waals surface area contributed by atoms with Gasteiger partial charge < -0.3 is 14.9 Å². The van der Waals surface area contributed by atoms with Gasteiger partial charge >= 0.3 is 0 Å². The Balaban J connectivity index is 1.72. The summed E-state index contributed by atoms with van der Waals surface area (Å²) in [6, 6.07) is 10.7. The molecule has 2 N–H and O–H groups in total. The predicted octanol–water partition coefficient (Wildman–Crippen LogP) is 1.88. The summed E-state index contributed by atoms with van der Waals surface area (Å²) in [7, 11) is 0. The topological polar surface area (TPSA) is 85.8 Å². The lowest BCUT2D eigenvalue weighted by Gasteiger charge is -2.35. The van der Waals surface area contributed by atoms with Gasteiger partial charge in [-0.15, -0.1) is 0 Å². The largest absolute Gasteiger partial charge is 0.467 e. The molecule has 2 amide bonds. The van der Waals surface area contributed by atoms with Crippen LogP contribution in [0.2, 0.25) is 0 Å². The molecule has 0 bridgehead atoms. The molecule has 1 atom stereocenters. The molecule has 1 aromatic heterocycles. The van der Waals surface area contributed by atoms with Crippen molar-refractivity contribution in [3.8, 4) is 5.75 Å². The lowest BCUT2D eigenvalue weighted by atomic mass is 9.82. The number of nitrogens with zero attached hydrogens (tertiary/aromatic N) is 1. The van der Waals surface area contributed by atoms with E-state index in [4.69, 9.17) is 14.9 Å². The van der Waals surface area contributed by atoms with Crippen LogP contribution in [0.25, 0.3) is 0 Å². The van der Waals surface area contributed by atoms with Crippen molar-refractivity contribution < 1.29 is 18.7 Å². The third-order valence-corrected chi connectivity index (χ3v) is 4.18. The van der Waals surface area contributed by atoms with Crippen molar-refractivity contribution in [2.24, 2.45) is 5.73 Å². The van der Waals surface area contributed by atoms with Crippen molar-refractivity contribution in [1.29, 1.82) is 0 Å². The van der Waals surface area contributed by atoms with Gasteiger partial charge in [-0.25, -0.2) is 0 Å². The Labute approximate surface area is 132 Å². The highest BCUT2D eigenvalue weighted by Crippen LogP contribution is 2.43. The Morgan fingerprint density at radius 2 is 2.00 bits per heavy atom. The molecular formula is C17H14N2O4. The molecule has 116 valence electrons. The summed E-state index contributed by atoms with van der Waals surface area (Å²) in [4.78, 5) is 26.4. The number of carbonyl (C=O) groups is 2. The molecular weight excluding hydrogens is 296 g/mol. The van der Waals surface area contributed by atoms with E-state index in [1.165, 1.54) is 6.26 Å². The maximum absolute atomic E-state index is 12.8. The Hall–Kier alpha value is -3.02. The Morgan fingerprint density at radius 1 is 1.17 bits per heavy atom. The standard InChI is InChI=1S/C17H14N2O4/c18-16-15-12(11-5-1-2-6-13(11)23-16)8-14(20)19(17(15)21)9-10-4-3-7-22-10/h1-7,12H,8-9,18H2. The SMILES string of the molecule is NC1=C2C(=O)N(Cc3ccco3)C(=O)CC2c2ccccc2O1. The van der Waals surface area contributed by atoms with Crippen LogP contribution in [0.1, 0.15) is 23.7 Å². The van der Waals surface area contributed by atoms with Gasteiger partial charge in [0, 0.05) is 17.9 Å². The summed E-state index contributed by atoms with van der Waals surface area (Å²) in [6.45, 7) is 0.0931. The molecule has 1 unspecified atom stereocenters. The van der Waals surface area contributed by atoms with Gasteiger partial charge in [0.05, 0.1) is 18.4 Å². The van der Waals surface area contributed by atoms with E-state index >= 15 is 0 Å². The number of likely N-dealkylation sites (tertiary alicyclic amines) is 1. The second kappa shape index (κ2) is 5.01. The highest BCUT2D eigenvalue weighted by Gasteiger charge is 2.43. The number of rotatable bonds is 2. The minimum Gasteiger partial charge on any atom is -0.467 e. The van der Waals surface area contributed by atoms with Gasteiger partial charge in [-0.3, -0.25) is 14.5 Å². The molecule has 1 fully saturated rings. The smallest absolute Gasteiger partial charge is 0.262 e. The van der Waals surface area contributed by atoms with Crippen molar-refractivity contribution in [3.63, 3.8) is 0 Å². The number of imide groups is 1. The lowest BCUT2D eigenvalue weighted by Crippen LogP contribution is -2.46. The predicted molar refractivity (Wildman–Crippen MR) is 79.9 cm³/mol. The first kappa shape index (κ1) is 13.6. The number of piperidine rings is 1. The molecule has 2 aromatic rings. The summed E-state index contributed by atoms with van der Waals surface area (Å²) in [5.74, 6) is 0.183. The Kier molecular flexibility index (Phi) is 2.97. The molecule has 0 spiro atoms. The average molecular weight is 310 g/mol. The van der Waals surface area contributed by atoms with Crippen molar-refractivity contribution >= 4 is 11.8 Å². The quantitative estimate of drug-likeness (QED) is 0.856. The fourth-order valence-electron chi connectivity index (χ4n) is 3.09. The minimum absolute atomic E-state index is 0.0654. The molecule has 6 heteroatoms. The minimum atomic E-state index is -0.422. The van der Waals surface area contributed by atoms with Crippen LogP contribution in [-0.2, 0) is 16.1 Å². The van der Waals surface area contributed by atoms with Gasteiger partial charge in [0.15, 0.2) is 5.88 Å². The molecule has 1 aromatic carbocycles. The molecule has 1 saturated heterocycles. The van der Waals surface area contributed by atoms with E-state index in [1.807, 2.05) is 18.2 Å². The van der Waals surface area contributed by atoms with Crippen LogP contribution in [0.3, 0.4) is 0 Å². The molecule has 2 aliphatic heterocycles. The summed E-state index contributed by atoms with van der Waals surface area (Å²) < 4.78 is 10.8. The molecule has 4 rings (SSSR count). The number of hydrogen-bond donors (Lipinski definition) is 1. The Morgan fingerprint density at radius 3 is 2.78 bits per heavy atom. The number of carbonyl (C=O) groups excluding carboxylic acids is 2. The van der Waals surface area contributed by atoms with E-state index in [1.54, 1.807) is 18.2 Å². The van der Waals surface area contributed by atoms with Gasteiger partial charge in [-0.1, -0.05) is 18.2 Å². The fraction of sp³-hybridized carbons (Fsp3) is 0.176. The van der Waals surface area contributed by atoms with E-state index < -0.39 is 5.91 Å². The number of nitrogens with two attached hydrogens (primary N) is 1. The third-order valence-electron chi connectivity index (χ3n) is 4.18. The number of furan rings is 1. The van der Waals surface area contributed by atoms with E-state index in [0.29, 0.717) is 17.1 Å². The first-order valence-corrected chi connectivity index (χ1v) is 7.28. The van der Waals surface area contributed by atoms with Crippen molar-refractivity contribution in [2.45, 2.75) is 18.9 Å². The zero-order valence-corrected chi connectivity index (χ0v) is 12.2. The highest BCUT2D eigenvalue weighted by atomic mass is 16.5. The molecule has 0 saturated carbocycles. The maximum Gasteiger partial charge on any atom is 0.262 e. The number of benzene rings is 1.